The quantitative estimate of drug-likeness (QED) is 0.671. The van der Waals surface area contributed by atoms with Crippen molar-refractivity contribution in [3.8, 4) is 0 Å². The molecular formula is C6H14BrNO4S. The minimum Gasteiger partial charge on any atom is -0.389 e. The van der Waals surface area contributed by atoms with Crippen molar-refractivity contribution in [2.75, 3.05) is 32.0 Å². The number of hydrogen-bond acceptors (Lipinski definition) is 4. The normalized spacial score (nSPS) is 14.8. The molecule has 1 N–H and O–H groups in total. The Kier molecular flexibility index (Phi) is 6.06. The number of alkyl halides is 1. The van der Waals surface area contributed by atoms with Gasteiger partial charge < -0.3 is 9.84 Å². The molecule has 0 aromatic heterocycles. The van der Waals surface area contributed by atoms with E-state index < -0.39 is 16.1 Å². The first-order valence-electron chi connectivity index (χ1n) is 3.61. The van der Waals surface area contributed by atoms with E-state index in [1.807, 2.05) is 0 Å². The van der Waals surface area contributed by atoms with E-state index in [9.17, 15) is 13.5 Å². The van der Waals surface area contributed by atoms with Gasteiger partial charge in [-0.1, -0.05) is 15.9 Å². The van der Waals surface area contributed by atoms with Crippen molar-refractivity contribution in [2.45, 2.75) is 6.10 Å². The Balaban J connectivity index is 4.07. The van der Waals surface area contributed by atoms with E-state index in [1.165, 1.54) is 14.2 Å². The average molecular weight is 276 g/mol. The maximum absolute atomic E-state index is 11.2. The second-order valence-corrected chi connectivity index (χ2v) is 5.99. The van der Waals surface area contributed by atoms with Crippen molar-refractivity contribution in [1.82, 2.24) is 4.31 Å². The van der Waals surface area contributed by atoms with Crippen molar-refractivity contribution in [3.05, 3.63) is 0 Å². The molecule has 0 radical (unpaired) electrons. The molecule has 7 heteroatoms. The zero-order valence-electron chi connectivity index (χ0n) is 7.60. The first-order chi connectivity index (χ1) is 5.94. The van der Waals surface area contributed by atoms with Crippen LogP contribution < -0.4 is 0 Å². The maximum atomic E-state index is 11.2. The molecule has 0 rings (SSSR count). The van der Waals surface area contributed by atoms with Gasteiger partial charge in [0, 0.05) is 20.7 Å². The molecule has 0 aromatic rings. The summed E-state index contributed by atoms with van der Waals surface area (Å²) < 4.78 is 27.9. The van der Waals surface area contributed by atoms with Gasteiger partial charge in [0.1, 0.15) is 4.66 Å². The second-order valence-electron chi connectivity index (χ2n) is 2.61. The highest BCUT2D eigenvalue weighted by Gasteiger charge is 2.18. The lowest BCUT2D eigenvalue weighted by Crippen LogP contribution is -2.36. The molecule has 0 fully saturated rings. The van der Waals surface area contributed by atoms with Crippen LogP contribution in [0.3, 0.4) is 0 Å². The van der Waals surface area contributed by atoms with E-state index in [-0.39, 0.29) is 17.8 Å². The number of halogens is 1. The molecule has 13 heavy (non-hydrogen) atoms. The highest BCUT2D eigenvalue weighted by atomic mass is 79.9. The Morgan fingerprint density at radius 2 is 2.15 bits per heavy atom. The molecule has 0 spiro atoms. The van der Waals surface area contributed by atoms with E-state index in [4.69, 9.17) is 0 Å². The zero-order chi connectivity index (χ0) is 10.5. The highest BCUT2D eigenvalue weighted by Crippen LogP contribution is 2.03. The Morgan fingerprint density at radius 1 is 1.62 bits per heavy atom. The first-order valence-corrected chi connectivity index (χ1v) is 6.34. The summed E-state index contributed by atoms with van der Waals surface area (Å²) >= 11 is 2.86. The molecule has 1 atom stereocenters. The fourth-order valence-electron chi connectivity index (χ4n) is 0.739. The summed E-state index contributed by atoms with van der Waals surface area (Å²) in [5.41, 5.74) is 0. The molecule has 0 aliphatic carbocycles. The number of rotatable bonds is 6. The SMILES string of the molecule is COCC(O)CN(C)S(=O)(=O)CBr. The highest BCUT2D eigenvalue weighted by molar-refractivity contribution is 9.10. The summed E-state index contributed by atoms with van der Waals surface area (Å²) in [6.45, 7) is 0.171. The number of methoxy groups -OCH3 is 1. The largest absolute Gasteiger partial charge is 0.389 e. The summed E-state index contributed by atoms with van der Waals surface area (Å²) in [7, 11) is -0.418. The molecule has 0 saturated heterocycles. The van der Waals surface area contributed by atoms with Gasteiger partial charge in [0.15, 0.2) is 0 Å². The lowest BCUT2D eigenvalue weighted by atomic mass is 10.4. The number of aliphatic hydroxyl groups is 1. The molecule has 0 aliphatic heterocycles. The molecule has 0 aliphatic rings. The van der Waals surface area contributed by atoms with Crippen LogP contribution in [0.1, 0.15) is 0 Å². The van der Waals surface area contributed by atoms with E-state index in [1.54, 1.807) is 0 Å². The van der Waals surface area contributed by atoms with Crippen LogP contribution in [0, 0.1) is 0 Å². The van der Waals surface area contributed by atoms with Crippen LogP contribution in [0.2, 0.25) is 0 Å². The van der Waals surface area contributed by atoms with E-state index in [2.05, 4.69) is 20.7 Å². The van der Waals surface area contributed by atoms with Gasteiger partial charge in [0.2, 0.25) is 10.0 Å². The van der Waals surface area contributed by atoms with E-state index in [0.717, 1.165) is 4.31 Å². The number of sulfonamides is 1. The van der Waals surface area contributed by atoms with Gasteiger partial charge in [-0.3, -0.25) is 0 Å². The Hall–Kier alpha value is 0.310. The second kappa shape index (κ2) is 5.92. The van der Waals surface area contributed by atoms with Gasteiger partial charge in [-0.2, -0.15) is 0 Å². The number of likely N-dealkylation sites (N-methyl/N-ethyl adjacent to an activating group) is 1. The zero-order valence-corrected chi connectivity index (χ0v) is 10.0. The van der Waals surface area contributed by atoms with Crippen LogP contribution >= 0.6 is 15.9 Å². The molecule has 0 aromatic carbocycles. The third-order valence-electron chi connectivity index (χ3n) is 1.44. The lowest BCUT2D eigenvalue weighted by molar-refractivity contribution is 0.0555. The van der Waals surface area contributed by atoms with Crippen LogP contribution in [0.4, 0.5) is 0 Å². The molecule has 80 valence electrons. The number of hydrogen-bond donors (Lipinski definition) is 1. The smallest absolute Gasteiger partial charge is 0.223 e. The summed E-state index contributed by atoms with van der Waals surface area (Å²) in [5, 5.41) is 9.23. The van der Waals surface area contributed by atoms with E-state index in [0.29, 0.717) is 0 Å². The molecule has 5 nitrogen and oxygen atoms in total. The summed E-state index contributed by atoms with van der Waals surface area (Å²) in [6.07, 6.45) is -0.788. The third-order valence-corrected chi connectivity index (χ3v) is 4.55. The van der Waals surface area contributed by atoms with Crippen LogP contribution in [-0.2, 0) is 14.8 Å². The number of nitrogens with zero attached hydrogens (tertiary/aromatic N) is 1. The van der Waals surface area contributed by atoms with Crippen molar-refractivity contribution >= 4 is 26.0 Å². The molecular weight excluding hydrogens is 262 g/mol. The standard InChI is InChI=1S/C6H14BrNO4S/c1-8(13(10,11)5-7)3-6(9)4-12-2/h6,9H,3-5H2,1-2H3. The lowest BCUT2D eigenvalue weighted by Gasteiger charge is -2.18. The summed E-state index contributed by atoms with van der Waals surface area (Å²) in [6, 6.07) is 0. The predicted molar refractivity (Wildman–Crippen MR) is 53.2 cm³/mol. The minimum atomic E-state index is -3.28. The Labute approximate surface area is 86.9 Å². The van der Waals surface area contributed by atoms with Crippen LogP contribution in [-0.4, -0.2) is 55.9 Å². The number of aliphatic hydroxyl groups excluding tert-OH is 1. The van der Waals surface area contributed by atoms with Crippen molar-refractivity contribution in [1.29, 1.82) is 0 Å². The minimum absolute atomic E-state index is 0.0434. The summed E-state index contributed by atoms with van der Waals surface area (Å²) in [4.78, 5) is 0. The fourth-order valence-corrected chi connectivity index (χ4v) is 2.35. The van der Waals surface area contributed by atoms with E-state index >= 15 is 0 Å². The third kappa shape index (κ3) is 4.92. The molecule has 0 amide bonds. The number of ether oxygens (including phenoxy) is 1. The van der Waals surface area contributed by atoms with Crippen LogP contribution in [0.15, 0.2) is 0 Å². The predicted octanol–water partition coefficient (Wildman–Crippen LogP) is -0.392. The van der Waals surface area contributed by atoms with Gasteiger partial charge >= 0.3 is 0 Å². The average Bonchev–Trinajstić information content (AvgIpc) is 2.04. The van der Waals surface area contributed by atoms with Crippen molar-refractivity contribution in [3.63, 3.8) is 0 Å². The molecule has 0 saturated carbocycles. The van der Waals surface area contributed by atoms with Gasteiger partial charge in [-0.05, 0) is 0 Å². The van der Waals surface area contributed by atoms with Gasteiger partial charge in [0.05, 0.1) is 12.7 Å². The Bertz CT molecular complexity index is 231. The molecule has 1 unspecified atom stereocenters. The fraction of sp³-hybridized carbons (Fsp3) is 1.00. The topological polar surface area (TPSA) is 66.8 Å². The van der Waals surface area contributed by atoms with Gasteiger partial charge in [0.25, 0.3) is 0 Å². The maximum Gasteiger partial charge on any atom is 0.223 e. The van der Waals surface area contributed by atoms with Crippen molar-refractivity contribution < 1.29 is 18.3 Å². The van der Waals surface area contributed by atoms with Crippen molar-refractivity contribution in [2.24, 2.45) is 0 Å². The van der Waals surface area contributed by atoms with Crippen LogP contribution in [0.25, 0.3) is 0 Å². The first kappa shape index (κ1) is 13.3. The molecule has 0 heterocycles. The Morgan fingerprint density at radius 3 is 2.54 bits per heavy atom. The van der Waals surface area contributed by atoms with Gasteiger partial charge in [-0.15, -0.1) is 0 Å². The summed E-state index contributed by atoms with van der Waals surface area (Å²) in [5.74, 6) is 0. The monoisotopic (exact) mass is 275 g/mol. The molecule has 0 bridgehead atoms. The van der Waals surface area contributed by atoms with Gasteiger partial charge in [-0.25, -0.2) is 12.7 Å². The van der Waals surface area contributed by atoms with Crippen LogP contribution in [0.5, 0.6) is 0 Å².